The minimum absolute atomic E-state index is 0.0932. The van der Waals surface area contributed by atoms with Crippen molar-refractivity contribution in [2.45, 2.75) is 19.4 Å². The van der Waals surface area contributed by atoms with E-state index in [-0.39, 0.29) is 5.91 Å². The Bertz CT molecular complexity index is 780. The normalized spacial score (nSPS) is 19.7. The lowest BCUT2D eigenvalue weighted by Gasteiger charge is -2.29. The van der Waals surface area contributed by atoms with Crippen LogP contribution >= 0.6 is 22.9 Å². The van der Waals surface area contributed by atoms with Gasteiger partial charge in [-0.2, -0.15) is 5.26 Å². The van der Waals surface area contributed by atoms with Gasteiger partial charge in [0.1, 0.15) is 12.1 Å². The van der Waals surface area contributed by atoms with Gasteiger partial charge in [-0.05, 0) is 36.6 Å². The molecule has 1 aromatic carbocycles. The summed E-state index contributed by atoms with van der Waals surface area (Å²) in [5.74, 6) is -0.0932. The lowest BCUT2D eigenvalue weighted by atomic mass is 10.0. The predicted octanol–water partition coefficient (Wildman–Crippen LogP) is 2.41. The Kier molecular flexibility index (Phi) is 4.67. The molecule has 118 valence electrons. The molecule has 0 radical (unpaired) electrons. The van der Waals surface area contributed by atoms with Crippen molar-refractivity contribution in [3.8, 4) is 6.07 Å². The third kappa shape index (κ3) is 3.40. The number of quaternary nitrogens is 1. The molecule has 3 rings (SSSR count). The molecule has 4 nitrogen and oxygen atoms in total. The van der Waals surface area contributed by atoms with Crippen LogP contribution in [0.3, 0.4) is 0 Å². The maximum Gasteiger partial charge on any atom is 0.279 e. The average Bonchev–Trinajstić information content (AvgIpc) is 3.00. The zero-order chi connectivity index (χ0) is 16.4. The molecule has 1 aliphatic heterocycles. The highest BCUT2D eigenvalue weighted by molar-refractivity contribution is 7.10. The van der Waals surface area contributed by atoms with E-state index in [1.54, 1.807) is 29.5 Å². The van der Waals surface area contributed by atoms with E-state index < -0.39 is 0 Å². The zero-order valence-electron chi connectivity index (χ0n) is 12.7. The van der Waals surface area contributed by atoms with E-state index in [2.05, 4.69) is 29.8 Å². The quantitative estimate of drug-likeness (QED) is 0.896. The molecule has 1 amide bonds. The number of anilines is 1. The summed E-state index contributed by atoms with van der Waals surface area (Å²) < 4.78 is 0. The number of carbonyl (C=O) groups excluding carboxylic acids is 1. The first kappa shape index (κ1) is 16.0. The number of nitriles is 1. The van der Waals surface area contributed by atoms with Crippen molar-refractivity contribution in [3.63, 3.8) is 0 Å². The van der Waals surface area contributed by atoms with Crippen molar-refractivity contribution in [1.82, 2.24) is 0 Å². The number of hydrogen-bond donors (Lipinski definition) is 2. The van der Waals surface area contributed by atoms with Gasteiger partial charge in [0.2, 0.25) is 0 Å². The van der Waals surface area contributed by atoms with Gasteiger partial charge in [-0.1, -0.05) is 11.6 Å². The number of thiophene rings is 1. The lowest BCUT2D eigenvalue weighted by Crippen LogP contribution is -3.14. The van der Waals surface area contributed by atoms with E-state index >= 15 is 0 Å². The first-order valence-electron chi connectivity index (χ1n) is 7.49. The number of carbonyl (C=O) groups is 1. The molecule has 2 atom stereocenters. The van der Waals surface area contributed by atoms with Crippen molar-refractivity contribution in [2.75, 3.05) is 18.4 Å². The average molecular weight is 347 g/mol. The highest BCUT2D eigenvalue weighted by Crippen LogP contribution is 2.24. The van der Waals surface area contributed by atoms with Gasteiger partial charge in [-0.25, -0.2) is 0 Å². The molecular weight excluding hydrogens is 330 g/mol. The summed E-state index contributed by atoms with van der Waals surface area (Å²) in [5, 5.41) is 14.6. The fourth-order valence-corrected chi connectivity index (χ4v) is 4.16. The van der Waals surface area contributed by atoms with Gasteiger partial charge in [0.05, 0.1) is 17.8 Å². The van der Waals surface area contributed by atoms with Crippen LogP contribution < -0.4 is 10.2 Å². The first-order chi connectivity index (χ1) is 11.1. The molecular formula is C17H17ClN3OS+. The Morgan fingerprint density at radius 1 is 1.52 bits per heavy atom. The second-order valence-electron chi connectivity index (χ2n) is 5.71. The summed E-state index contributed by atoms with van der Waals surface area (Å²) in [6.07, 6.45) is 1.01. The largest absolute Gasteiger partial charge is 0.321 e. The maximum absolute atomic E-state index is 12.4. The maximum atomic E-state index is 12.4. The number of halogens is 1. The van der Waals surface area contributed by atoms with Crippen LogP contribution in [-0.4, -0.2) is 19.0 Å². The van der Waals surface area contributed by atoms with Crippen LogP contribution in [0.2, 0.25) is 5.02 Å². The van der Waals surface area contributed by atoms with E-state index in [0.29, 0.717) is 28.9 Å². The van der Waals surface area contributed by atoms with Gasteiger partial charge in [0.25, 0.3) is 5.91 Å². The van der Waals surface area contributed by atoms with Gasteiger partial charge in [0, 0.05) is 21.9 Å². The number of benzene rings is 1. The number of amides is 1. The van der Waals surface area contributed by atoms with Crippen LogP contribution in [0.15, 0.2) is 29.6 Å². The molecule has 1 unspecified atom stereocenters. The van der Waals surface area contributed by atoms with Crippen molar-refractivity contribution in [2.24, 2.45) is 0 Å². The van der Waals surface area contributed by atoms with Crippen molar-refractivity contribution >= 4 is 34.5 Å². The number of rotatable bonds is 3. The predicted molar refractivity (Wildman–Crippen MR) is 91.9 cm³/mol. The molecule has 23 heavy (non-hydrogen) atoms. The monoisotopic (exact) mass is 346 g/mol. The molecule has 1 aromatic heterocycles. The number of nitrogens with zero attached hydrogens (tertiary/aromatic N) is 1. The molecule has 2 heterocycles. The number of hydrogen-bond acceptors (Lipinski definition) is 3. The standard InChI is InChI=1S/C17H16ClN3OS/c1-11-14-5-7-23-16(14)4-6-21(11)10-17(22)20-15-8-13(18)3-2-12(15)9-19/h2-3,5,7-8,11H,4,6,10H2,1H3,(H,20,22)/p+1/t11-/m0/s1. The van der Waals surface area contributed by atoms with Gasteiger partial charge in [-0.3, -0.25) is 4.79 Å². The Hall–Kier alpha value is -1.87. The summed E-state index contributed by atoms with van der Waals surface area (Å²) in [6, 6.07) is 9.42. The summed E-state index contributed by atoms with van der Waals surface area (Å²) in [7, 11) is 0. The van der Waals surface area contributed by atoms with Gasteiger partial charge in [-0.15, -0.1) is 11.3 Å². The zero-order valence-corrected chi connectivity index (χ0v) is 14.3. The molecule has 0 saturated heterocycles. The van der Waals surface area contributed by atoms with E-state index in [1.807, 2.05) is 0 Å². The van der Waals surface area contributed by atoms with Crippen molar-refractivity contribution in [1.29, 1.82) is 5.26 Å². The molecule has 1 aliphatic rings. The molecule has 2 N–H and O–H groups in total. The molecule has 0 saturated carbocycles. The molecule has 0 fully saturated rings. The Balaban J connectivity index is 1.69. The van der Waals surface area contributed by atoms with Crippen LogP contribution in [0.1, 0.15) is 29.0 Å². The van der Waals surface area contributed by atoms with Gasteiger partial charge < -0.3 is 10.2 Å². The van der Waals surface area contributed by atoms with Gasteiger partial charge in [0.15, 0.2) is 6.54 Å². The Morgan fingerprint density at radius 2 is 2.35 bits per heavy atom. The summed E-state index contributed by atoms with van der Waals surface area (Å²) in [4.78, 5) is 15.1. The summed E-state index contributed by atoms with van der Waals surface area (Å²) in [5.41, 5.74) is 2.25. The SMILES string of the molecule is C[C@H]1c2ccsc2CC[NH+]1CC(=O)Nc1cc(Cl)ccc1C#N. The van der Waals surface area contributed by atoms with Crippen LogP contribution in [0.5, 0.6) is 0 Å². The van der Waals surface area contributed by atoms with E-state index in [1.165, 1.54) is 15.3 Å². The Morgan fingerprint density at radius 3 is 3.13 bits per heavy atom. The van der Waals surface area contributed by atoms with E-state index in [9.17, 15) is 4.79 Å². The molecule has 6 heteroatoms. The van der Waals surface area contributed by atoms with Crippen LogP contribution in [0.25, 0.3) is 0 Å². The topological polar surface area (TPSA) is 57.3 Å². The summed E-state index contributed by atoms with van der Waals surface area (Å²) in [6.45, 7) is 3.49. The first-order valence-corrected chi connectivity index (χ1v) is 8.74. The van der Waals surface area contributed by atoms with Crippen molar-refractivity contribution in [3.05, 3.63) is 50.7 Å². The number of fused-ring (bicyclic) bond motifs is 1. The van der Waals surface area contributed by atoms with E-state index in [0.717, 1.165) is 13.0 Å². The van der Waals surface area contributed by atoms with E-state index in [4.69, 9.17) is 16.9 Å². The molecule has 0 aliphatic carbocycles. The second-order valence-corrected chi connectivity index (χ2v) is 7.14. The smallest absolute Gasteiger partial charge is 0.279 e. The lowest BCUT2D eigenvalue weighted by molar-refractivity contribution is -0.923. The van der Waals surface area contributed by atoms with Crippen LogP contribution in [0, 0.1) is 11.3 Å². The fraction of sp³-hybridized carbons (Fsp3) is 0.294. The van der Waals surface area contributed by atoms with Gasteiger partial charge >= 0.3 is 0 Å². The third-order valence-corrected chi connectivity index (χ3v) is 5.53. The summed E-state index contributed by atoms with van der Waals surface area (Å²) >= 11 is 7.75. The molecule has 0 bridgehead atoms. The minimum Gasteiger partial charge on any atom is -0.321 e. The minimum atomic E-state index is -0.0932. The Labute approximate surface area is 144 Å². The van der Waals surface area contributed by atoms with Crippen LogP contribution in [0.4, 0.5) is 5.69 Å². The fourth-order valence-electron chi connectivity index (χ4n) is 3.01. The van der Waals surface area contributed by atoms with Crippen molar-refractivity contribution < 1.29 is 9.69 Å². The highest BCUT2D eigenvalue weighted by atomic mass is 35.5. The highest BCUT2D eigenvalue weighted by Gasteiger charge is 2.29. The number of nitrogens with one attached hydrogen (secondary N) is 2. The third-order valence-electron chi connectivity index (χ3n) is 4.30. The molecule has 2 aromatic rings. The second kappa shape index (κ2) is 6.71. The molecule has 0 spiro atoms. The van der Waals surface area contributed by atoms with Crippen LogP contribution in [-0.2, 0) is 11.2 Å².